The van der Waals surface area contributed by atoms with Gasteiger partial charge in [-0.2, -0.15) is 0 Å². The molecule has 0 aliphatic heterocycles. The van der Waals surface area contributed by atoms with E-state index in [2.05, 4.69) is 4.98 Å². The summed E-state index contributed by atoms with van der Waals surface area (Å²) < 4.78 is 0. The van der Waals surface area contributed by atoms with Crippen molar-refractivity contribution in [2.45, 2.75) is 0 Å². The van der Waals surface area contributed by atoms with Crippen molar-refractivity contribution < 1.29 is 15.3 Å². The zero-order valence-corrected chi connectivity index (χ0v) is 12.2. The van der Waals surface area contributed by atoms with Gasteiger partial charge in [0.2, 0.25) is 0 Å². The quantitative estimate of drug-likeness (QED) is 0.680. The number of benzene rings is 2. The van der Waals surface area contributed by atoms with E-state index in [0.717, 1.165) is 23.5 Å². The van der Waals surface area contributed by atoms with E-state index in [1.165, 1.54) is 0 Å². The van der Waals surface area contributed by atoms with Crippen LogP contribution < -0.4 is 10.4 Å². The molecule has 114 valence electrons. The van der Waals surface area contributed by atoms with Gasteiger partial charge in [-0.15, -0.1) is 0 Å². The van der Waals surface area contributed by atoms with Gasteiger partial charge in [0.25, 0.3) is 0 Å². The maximum Gasteiger partial charge on any atom is 0.141 e. The first-order valence-electron chi connectivity index (χ1n) is 7.07. The molecule has 4 nitrogen and oxygen atoms in total. The predicted octanol–water partition coefficient (Wildman–Crippen LogP) is 2.70. The molecule has 0 aliphatic rings. The lowest BCUT2D eigenvalue weighted by atomic mass is 10.1. The number of fused-ring (bicyclic) bond motifs is 1. The third-order valence-electron chi connectivity index (χ3n) is 3.56. The summed E-state index contributed by atoms with van der Waals surface area (Å²) in [6.07, 6.45) is 5.57. The molecule has 0 saturated carbocycles. The fraction of sp³-hybridized carbons (Fsp3) is 0. The zero-order valence-electron chi connectivity index (χ0n) is 12.2. The van der Waals surface area contributed by atoms with Gasteiger partial charge in [-0.05, 0) is 29.8 Å². The Kier molecular flexibility index (Phi) is 3.97. The van der Waals surface area contributed by atoms with E-state index in [9.17, 15) is 10.2 Å². The lowest BCUT2D eigenvalue weighted by Crippen LogP contribution is -2.24. The molecule has 4 heteroatoms. The smallest absolute Gasteiger partial charge is 0.141 e. The second-order valence-electron chi connectivity index (χ2n) is 5.06. The highest BCUT2D eigenvalue weighted by Gasteiger charge is 2.00. The molecule has 0 unspecified atom stereocenters. The van der Waals surface area contributed by atoms with E-state index in [0.29, 0.717) is 21.6 Å². The molecule has 0 saturated heterocycles. The van der Waals surface area contributed by atoms with Crippen LogP contribution in [-0.2, 0) is 0 Å². The molecule has 1 heterocycles. The molecular weight excluding hydrogens is 290 g/mol. The number of hydrogen-bond acceptors (Lipinski definition) is 4. The topological polar surface area (TPSA) is 73.6 Å². The Hall–Kier alpha value is -3.27. The number of hydrogen-bond donors (Lipinski definition) is 3. The summed E-state index contributed by atoms with van der Waals surface area (Å²) in [7, 11) is 0. The number of para-hydroxylation sites is 1. The van der Waals surface area contributed by atoms with Crippen LogP contribution in [0.4, 0.5) is 0 Å². The Morgan fingerprint density at radius 1 is 0.826 bits per heavy atom. The molecule has 0 amide bonds. The molecule has 23 heavy (non-hydrogen) atoms. The van der Waals surface area contributed by atoms with Crippen molar-refractivity contribution >= 4 is 35.6 Å². The molecular formula is C19H15NO3. The first-order chi connectivity index (χ1) is 11.2. The maximum absolute atomic E-state index is 9.86. The number of rotatable bonds is 2. The minimum atomic E-state index is 0.151. The van der Waals surface area contributed by atoms with Crippen molar-refractivity contribution in [2.24, 2.45) is 0 Å². The van der Waals surface area contributed by atoms with Crippen LogP contribution in [0.25, 0.3) is 35.6 Å². The molecule has 0 aliphatic carbocycles. The van der Waals surface area contributed by atoms with Crippen molar-refractivity contribution in [2.75, 3.05) is 0 Å². The number of aliphatic hydroxyl groups is 2. The lowest BCUT2D eigenvalue weighted by Gasteiger charge is -2.01. The van der Waals surface area contributed by atoms with Crippen molar-refractivity contribution in [1.82, 2.24) is 4.98 Å². The van der Waals surface area contributed by atoms with Crippen LogP contribution in [0.15, 0.2) is 48.5 Å². The van der Waals surface area contributed by atoms with Crippen molar-refractivity contribution in [3.05, 3.63) is 70.2 Å². The molecule has 0 bridgehead atoms. The molecule has 0 spiro atoms. The largest absolute Gasteiger partial charge is 0.515 e. The second kappa shape index (κ2) is 6.23. The monoisotopic (exact) mass is 305 g/mol. The van der Waals surface area contributed by atoms with Crippen molar-refractivity contribution in [1.29, 1.82) is 0 Å². The van der Waals surface area contributed by atoms with Crippen molar-refractivity contribution in [3.63, 3.8) is 0 Å². The number of aliphatic hydroxyl groups excluding tert-OH is 2. The van der Waals surface area contributed by atoms with Gasteiger partial charge in [-0.25, -0.2) is 4.98 Å². The molecule has 0 fully saturated rings. The minimum Gasteiger partial charge on any atom is -0.515 e. The SMILES string of the molecule is OC=c1ccc(C=Cc2ccc3cccc(O)c3n2)cc1=CO. The summed E-state index contributed by atoms with van der Waals surface area (Å²) >= 11 is 0. The van der Waals surface area contributed by atoms with E-state index in [1.54, 1.807) is 24.3 Å². The Bertz CT molecular complexity index is 1010. The second-order valence-corrected chi connectivity index (χ2v) is 5.06. The Labute approximate surface area is 132 Å². The Balaban J connectivity index is 1.99. The lowest BCUT2D eigenvalue weighted by molar-refractivity contribution is 0.480. The van der Waals surface area contributed by atoms with Crippen LogP contribution in [0.3, 0.4) is 0 Å². The summed E-state index contributed by atoms with van der Waals surface area (Å²) in [6, 6.07) is 14.3. The molecule has 3 aromatic rings. The van der Waals surface area contributed by atoms with Crippen LogP contribution in [0, 0.1) is 0 Å². The van der Waals surface area contributed by atoms with Crippen LogP contribution in [-0.4, -0.2) is 20.3 Å². The van der Waals surface area contributed by atoms with E-state index >= 15 is 0 Å². The van der Waals surface area contributed by atoms with Gasteiger partial charge in [0.1, 0.15) is 11.3 Å². The summed E-state index contributed by atoms with van der Waals surface area (Å²) in [6.45, 7) is 0. The number of pyridine rings is 1. The third kappa shape index (κ3) is 3.01. The summed E-state index contributed by atoms with van der Waals surface area (Å²) in [5.74, 6) is 0.151. The first kappa shape index (κ1) is 14.7. The average Bonchev–Trinajstić information content (AvgIpc) is 2.60. The van der Waals surface area contributed by atoms with Gasteiger partial charge < -0.3 is 15.3 Å². The van der Waals surface area contributed by atoms with Gasteiger partial charge >= 0.3 is 0 Å². The molecule has 3 rings (SSSR count). The van der Waals surface area contributed by atoms with Gasteiger partial charge in [0, 0.05) is 15.8 Å². The van der Waals surface area contributed by atoms with Gasteiger partial charge in [-0.3, -0.25) is 0 Å². The van der Waals surface area contributed by atoms with Gasteiger partial charge in [0.15, 0.2) is 0 Å². The standard InChI is InChI=1S/C19H15NO3/c21-11-15-6-4-13(10-16(15)12-22)5-8-17-9-7-14-2-1-3-18(23)19(14)20-17/h1-12,21-23H. The van der Waals surface area contributed by atoms with Gasteiger partial charge in [-0.1, -0.05) is 36.4 Å². The van der Waals surface area contributed by atoms with Crippen LogP contribution in [0.2, 0.25) is 0 Å². The molecule has 0 radical (unpaired) electrons. The molecule has 0 atom stereocenters. The van der Waals surface area contributed by atoms with E-state index in [4.69, 9.17) is 5.11 Å². The number of aromatic hydroxyl groups is 1. The Morgan fingerprint density at radius 3 is 2.43 bits per heavy atom. The average molecular weight is 305 g/mol. The normalized spacial score (nSPS) is 13.2. The number of phenols is 1. The highest BCUT2D eigenvalue weighted by molar-refractivity contribution is 5.85. The fourth-order valence-electron chi connectivity index (χ4n) is 2.35. The highest BCUT2D eigenvalue weighted by Crippen LogP contribution is 2.22. The Morgan fingerprint density at radius 2 is 1.65 bits per heavy atom. The summed E-state index contributed by atoms with van der Waals surface area (Å²) in [5, 5.41) is 30.1. The highest BCUT2D eigenvalue weighted by atomic mass is 16.3. The fourth-order valence-corrected chi connectivity index (χ4v) is 2.35. The van der Waals surface area contributed by atoms with Crippen LogP contribution >= 0.6 is 0 Å². The predicted molar refractivity (Wildman–Crippen MR) is 92.2 cm³/mol. The maximum atomic E-state index is 9.86. The number of aromatic nitrogens is 1. The summed E-state index contributed by atoms with van der Waals surface area (Å²) in [4.78, 5) is 4.43. The zero-order chi connectivity index (χ0) is 16.2. The van der Waals surface area contributed by atoms with Crippen LogP contribution in [0.5, 0.6) is 5.75 Å². The van der Waals surface area contributed by atoms with Crippen LogP contribution in [0.1, 0.15) is 11.3 Å². The summed E-state index contributed by atoms with van der Waals surface area (Å²) in [5.41, 5.74) is 2.13. The first-order valence-corrected chi connectivity index (χ1v) is 7.07. The number of nitrogens with zero attached hydrogens (tertiary/aromatic N) is 1. The molecule has 3 N–H and O–H groups in total. The molecule has 1 aromatic heterocycles. The number of phenolic OH excluding ortho intramolecular Hbond substituents is 1. The van der Waals surface area contributed by atoms with E-state index in [-0.39, 0.29) is 5.75 Å². The van der Waals surface area contributed by atoms with Gasteiger partial charge in [0.05, 0.1) is 18.2 Å². The molecule has 2 aromatic carbocycles. The minimum absolute atomic E-state index is 0.151. The van der Waals surface area contributed by atoms with Crippen molar-refractivity contribution in [3.8, 4) is 5.75 Å². The van der Waals surface area contributed by atoms with E-state index in [1.807, 2.05) is 36.4 Å². The third-order valence-corrected chi connectivity index (χ3v) is 3.56. The van der Waals surface area contributed by atoms with E-state index < -0.39 is 0 Å².